The summed E-state index contributed by atoms with van der Waals surface area (Å²) in [6.45, 7) is 7.24. The van der Waals surface area contributed by atoms with Crippen LogP contribution in [0.3, 0.4) is 0 Å². The largest absolute Gasteiger partial charge is 0.276 e. The molecule has 0 fully saturated rings. The summed E-state index contributed by atoms with van der Waals surface area (Å²) in [5, 5.41) is 5.93. The van der Waals surface area contributed by atoms with E-state index in [1.54, 1.807) is 0 Å². The van der Waals surface area contributed by atoms with E-state index in [-0.39, 0.29) is 0 Å². The first-order chi connectivity index (χ1) is 21.8. The van der Waals surface area contributed by atoms with Gasteiger partial charge in [-0.25, -0.2) is 14.8 Å². The molecule has 0 atom stereocenters. The molecule has 5 heteroatoms. The van der Waals surface area contributed by atoms with E-state index in [9.17, 15) is 0 Å². The number of aromatic nitrogens is 3. The number of benzene rings is 6. The smallest absolute Gasteiger partial charge is 0.235 e. The van der Waals surface area contributed by atoms with Gasteiger partial charge in [0.2, 0.25) is 5.95 Å². The SMILES string of the molecule is [C-]#[N+]c1ccc(-c2ccc(-c3nc(-n4c5ccccc5c5ccc6c7ccccc7sc6c54)nc4ccccc34)cc2)cc1. The molecule has 0 bridgehead atoms. The van der Waals surface area contributed by atoms with Crippen LogP contribution < -0.4 is 0 Å². The molecule has 4 nitrogen and oxygen atoms in total. The summed E-state index contributed by atoms with van der Waals surface area (Å²) >= 11 is 1.83. The molecule has 0 saturated heterocycles. The minimum absolute atomic E-state index is 0.642. The Kier molecular flexibility index (Phi) is 5.40. The van der Waals surface area contributed by atoms with E-state index < -0.39 is 0 Å². The number of para-hydroxylation sites is 2. The summed E-state index contributed by atoms with van der Waals surface area (Å²) in [4.78, 5) is 14.0. The molecular weight excluding hydrogens is 557 g/mol. The van der Waals surface area contributed by atoms with Crippen LogP contribution in [0.1, 0.15) is 0 Å². The van der Waals surface area contributed by atoms with Crippen LogP contribution in [0.25, 0.3) is 86.1 Å². The number of hydrogen-bond donors (Lipinski definition) is 0. The monoisotopic (exact) mass is 578 g/mol. The zero-order valence-electron chi connectivity index (χ0n) is 23.4. The zero-order valence-corrected chi connectivity index (χ0v) is 24.2. The molecular formula is C39H22N4S. The molecule has 204 valence electrons. The average Bonchev–Trinajstić information content (AvgIpc) is 3.64. The summed E-state index contributed by atoms with van der Waals surface area (Å²) in [7, 11) is 0. The molecule has 6 aromatic carbocycles. The maximum atomic E-state index is 7.24. The fraction of sp³-hybridized carbons (Fsp3) is 0. The quantitative estimate of drug-likeness (QED) is 0.196. The normalized spacial score (nSPS) is 11.6. The fourth-order valence-corrected chi connectivity index (χ4v) is 7.61. The van der Waals surface area contributed by atoms with Crippen LogP contribution in [-0.4, -0.2) is 14.5 Å². The maximum absolute atomic E-state index is 7.24. The molecule has 0 aliphatic carbocycles. The van der Waals surface area contributed by atoms with E-state index in [0.717, 1.165) is 44.3 Å². The van der Waals surface area contributed by atoms with Crippen molar-refractivity contribution in [1.82, 2.24) is 14.5 Å². The minimum atomic E-state index is 0.642. The van der Waals surface area contributed by atoms with Gasteiger partial charge in [-0.3, -0.25) is 4.57 Å². The van der Waals surface area contributed by atoms with Crippen molar-refractivity contribution >= 4 is 69.9 Å². The van der Waals surface area contributed by atoms with Gasteiger partial charge in [-0.2, -0.15) is 0 Å². The molecule has 9 rings (SSSR count). The van der Waals surface area contributed by atoms with E-state index in [1.165, 1.54) is 30.9 Å². The van der Waals surface area contributed by atoms with Crippen molar-refractivity contribution in [3.63, 3.8) is 0 Å². The Morgan fingerprint density at radius 1 is 0.545 bits per heavy atom. The topological polar surface area (TPSA) is 35.1 Å². The lowest BCUT2D eigenvalue weighted by Crippen LogP contribution is -2.03. The maximum Gasteiger partial charge on any atom is 0.235 e. The van der Waals surface area contributed by atoms with Crippen LogP contribution in [0.4, 0.5) is 5.69 Å². The molecule has 0 aliphatic rings. The molecule has 0 aliphatic heterocycles. The second-order valence-electron chi connectivity index (χ2n) is 10.9. The lowest BCUT2D eigenvalue weighted by Gasteiger charge is -2.12. The fourth-order valence-electron chi connectivity index (χ4n) is 6.37. The molecule has 0 amide bonds. The van der Waals surface area contributed by atoms with Crippen molar-refractivity contribution in [3.05, 3.63) is 145 Å². The third-order valence-corrected chi connectivity index (χ3v) is 9.65. The van der Waals surface area contributed by atoms with Gasteiger partial charge in [-0.15, -0.1) is 11.3 Å². The molecule has 3 heterocycles. The number of hydrogen-bond acceptors (Lipinski definition) is 3. The van der Waals surface area contributed by atoms with Gasteiger partial charge < -0.3 is 0 Å². The van der Waals surface area contributed by atoms with E-state index in [4.69, 9.17) is 16.5 Å². The number of thiophene rings is 1. The van der Waals surface area contributed by atoms with Gasteiger partial charge >= 0.3 is 0 Å². The highest BCUT2D eigenvalue weighted by Crippen LogP contribution is 2.43. The summed E-state index contributed by atoms with van der Waals surface area (Å²) in [6, 6.07) is 46.2. The van der Waals surface area contributed by atoms with Crippen LogP contribution in [0, 0.1) is 6.57 Å². The Bertz CT molecular complexity index is 2600. The lowest BCUT2D eigenvalue weighted by atomic mass is 10.0. The van der Waals surface area contributed by atoms with Crippen LogP contribution in [0.5, 0.6) is 0 Å². The van der Waals surface area contributed by atoms with Crippen molar-refractivity contribution < 1.29 is 0 Å². The third-order valence-electron chi connectivity index (χ3n) is 8.46. The van der Waals surface area contributed by atoms with E-state index >= 15 is 0 Å². The molecule has 0 spiro atoms. The Morgan fingerprint density at radius 2 is 1.18 bits per heavy atom. The van der Waals surface area contributed by atoms with E-state index in [1.807, 2.05) is 47.7 Å². The standard InChI is InChI=1S/C39H22N4S/c1-40-27-20-18-25(19-21-27)24-14-16-26(17-15-24)36-32-10-2-5-11-33(32)41-39(42-36)43-34-12-6-3-8-28(34)30-22-23-31-29-9-4-7-13-35(29)44-38(31)37(30)43/h2-23H. The lowest BCUT2D eigenvalue weighted by molar-refractivity contribution is 1.02. The van der Waals surface area contributed by atoms with Crippen molar-refractivity contribution in [3.8, 4) is 28.3 Å². The van der Waals surface area contributed by atoms with Gasteiger partial charge in [0.05, 0.1) is 33.5 Å². The molecule has 0 saturated carbocycles. The first kappa shape index (κ1) is 24.7. The van der Waals surface area contributed by atoms with Crippen LogP contribution in [0.15, 0.2) is 133 Å². The number of fused-ring (bicyclic) bond motifs is 8. The highest BCUT2D eigenvalue weighted by Gasteiger charge is 2.20. The molecule has 0 unspecified atom stereocenters. The molecule has 44 heavy (non-hydrogen) atoms. The zero-order chi connectivity index (χ0) is 29.2. The van der Waals surface area contributed by atoms with Gasteiger partial charge in [-0.05, 0) is 29.3 Å². The second-order valence-corrected chi connectivity index (χ2v) is 12.0. The summed E-state index contributed by atoms with van der Waals surface area (Å²) in [6.07, 6.45) is 0. The van der Waals surface area contributed by atoms with E-state index in [0.29, 0.717) is 11.6 Å². The van der Waals surface area contributed by atoms with Crippen molar-refractivity contribution in [1.29, 1.82) is 0 Å². The highest BCUT2D eigenvalue weighted by molar-refractivity contribution is 7.26. The van der Waals surface area contributed by atoms with Crippen LogP contribution in [-0.2, 0) is 0 Å². The summed E-state index contributed by atoms with van der Waals surface area (Å²) in [5.74, 6) is 0.661. The predicted molar refractivity (Wildman–Crippen MR) is 184 cm³/mol. The number of rotatable bonds is 3. The molecule has 9 aromatic rings. The van der Waals surface area contributed by atoms with Gasteiger partial charge in [0.15, 0.2) is 5.69 Å². The first-order valence-corrected chi connectivity index (χ1v) is 15.3. The van der Waals surface area contributed by atoms with Gasteiger partial charge in [-0.1, -0.05) is 115 Å². The average molecular weight is 579 g/mol. The van der Waals surface area contributed by atoms with E-state index in [2.05, 4.69) is 106 Å². The van der Waals surface area contributed by atoms with Crippen molar-refractivity contribution in [2.45, 2.75) is 0 Å². The van der Waals surface area contributed by atoms with Crippen LogP contribution >= 0.6 is 11.3 Å². The predicted octanol–water partition coefficient (Wildman–Crippen LogP) is 11.0. The summed E-state index contributed by atoms with van der Waals surface area (Å²) in [5.41, 5.74) is 7.88. The van der Waals surface area contributed by atoms with Gasteiger partial charge in [0.1, 0.15) is 0 Å². The first-order valence-electron chi connectivity index (χ1n) is 14.5. The van der Waals surface area contributed by atoms with Crippen LogP contribution in [0.2, 0.25) is 0 Å². The molecule has 0 radical (unpaired) electrons. The Balaban J connectivity index is 1.30. The van der Waals surface area contributed by atoms with Gasteiger partial charge in [0, 0.05) is 37.2 Å². The van der Waals surface area contributed by atoms with Crippen molar-refractivity contribution in [2.24, 2.45) is 0 Å². The minimum Gasteiger partial charge on any atom is -0.276 e. The second kappa shape index (κ2) is 9.60. The van der Waals surface area contributed by atoms with Gasteiger partial charge in [0.25, 0.3) is 0 Å². The van der Waals surface area contributed by atoms with Crippen molar-refractivity contribution in [2.75, 3.05) is 0 Å². The molecule has 3 aromatic heterocycles. The number of nitrogens with zero attached hydrogens (tertiary/aromatic N) is 4. The molecule has 0 N–H and O–H groups in total. The highest BCUT2D eigenvalue weighted by atomic mass is 32.1. The Morgan fingerprint density at radius 3 is 1.98 bits per heavy atom. The Labute approximate surface area is 256 Å². The Hall–Kier alpha value is -5.83. The summed E-state index contributed by atoms with van der Waals surface area (Å²) < 4.78 is 4.77. The third kappa shape index (κ3) is 3.69.